The second kappa shape index (κ2) is 7.69. The molecule has 0 fully saturated rings. The Bertz CT molecular complexity index is 792. The number of nitrogens with one attached hydrogen (secondary N) is 1. The lowest BCUT2D eigenvalue weighted by molar-refractivity contribution is 0.687. The first-order valence-electron chi connectivity index (χ1n) is 8.13. The molecular formula is C20H23N3S. The smallest absolute Gasteiger partial charge is 0.0648 e. The maximum absolute atomic E-state index is 4.70. The Hall–Kier alpha value is -2.04. The van der Waals surface area contributed by atoms with Crippen LogP contribution in [0.4, 0.5) is 0 Å². The predicted molar refractivity (Wildman–Crippen MR) is 102 cm³/mol. The van der Waals surface area contributed by atoms with E-state index in [2.05, 4.69) is 61.8 Å². The Morgan fingerprint density at radius 2 is 1.67 bits per heavy atom. The van der Waals surface area contributed by atoms with E-state index in [4.69, 9.17) is 5.10 Å². The number of aryl methyl sites for hydroxylation is 1. The third-order valence-electron chi connectivity index (χ3n) is 4.23. The van der Waals surface area contributed by atoms with Crippen LogP contribution in [0.2, 0.25) is 0 Å². The molecular weight excluding hydrogens is 314 g/mol. The van der Waals surface area contributed by atoms with Gasteiger partial charge in [-0.25, -0.2) is 4.68 Å². The topological polar surface area (TPSA) is 29.9 Å². The van der Waals surface area contributed by atoms with Gasteiger partial charge >= 0.3 is 0 Å². The van der Waals surface area contributed by atoms with Crippen LogP contribution >= 0.6 is 11.8 Å². The molecule has 124 valence electrons. The maximum Gasteiger partial charge on any atom is 0.0648 e. The lowest BCUT2D eigenvalue weighted by atomic mass is 10.2. The van der Waals surface area contributed by atoms with Gasteiger partial charge in [-0.05, 0) is 49.9 Å². The molecule has 0 radical (unpaired) electrons. The van der Waals surface area contributed by atoms with Gasteiger partial charge in [-0.3, -0.25) is 0 Å². The van der Waals surface area contributed by atoms with Crippen molar-refractivity contribution in [2.45, 2.75) is 31.8 Å². The largest absolute Gasteiger partial charge is 0.308 e. The molecule has 1 heterocycles. The van der Waals surface area contributed by atoms with Crippen molar-refractivity contribution in [1.29, 1.82) is 0 Å². The highest BCUT2D eigenvalue weighted by molar-refractivity contribution is 7.98. The fourth-order valence-electron chi connectivity index (χ4n) is 2.83. The Balaban J connectivity index is 1.68. The molecule has 2 aromatic carbocycles. The SMILES string of the molecule is CSc1ccc(CNCc2c(C)nn(-c3ccccc3)c2C)cc1. The highest BCUT2D eigenvalue weighted by Gasteiger charge is 2.12. The van der Waals surface area contributed by atoms with E-state index in [9.17, 15) is 0 Å². The van der Waals surface area contributed by atoms with Crippen LogP contribution in [-0.2, 0) is 13.1 Å². The van der Waals surface area contributed by atoms with Gasteiger partial charge in [-0.2, -0.15) is 5.10 Å². The van der Waals surface area contributed by atoms with Crippen molar-refractivity contribution >= 4 is 11.8 Å². The normalized spacial score (nSPS) is 11.0. The highest BCUT2D eigenvalue weighted by Crippen LogP contribution is 2.18. The summed E-state index contributed by atoms with van der Waals surface area (Å²) in [6.07, 6.45) is 2.10. The first-order chi connectivity index (χ1) is 11.7. The van der Waals surface area contributed by atoms with Crippen LogP contribution in [0.3, 0.4) is 0 Å². The molecule has 4 heteroatoms. The molecule has 0 amide bonds. The van der Waals surface area contributed by atoms with E-state index in [-0.39, 0.29) is 0 Å². The predicted octanol–water partition coefficient (Wildman–Crippen LogP) is 4.50. The molecule has 1 N–H and O–H groups in total. The number of nitrogens with zero attached hydrogens (tertiary/aromatic N) is 2. The van der Waals surface area contributed by atoms with Crippen LogP contribution in [0.1, 0.15) is 22.5 Å². The first kappa shape index (κ1) is 16.8. The van der Waals surface area contributed by atoms with Crippen molar-refractivity contribution in [1.82, 2.24) is 15.1 Å². The number of thioether (sulfide) groups is 1. The van der Waals surface area contributed by atoms with Crippen LogP contribution in [0.15, 0.2) is 59.5 Å². The van der Waals surface area contributed by atoms with Crippen LogP contribution in [0, 0.1) is 13.8 Å². The maximum atomic E-state index is 4.70. The monoisotopic (exact) mass is 337 g/mol. The van der Waals surface area contributed by atoms with E-state index in [1.807, 2.05) is 22.9 Å². The number of aromatic nitrogens is 2. The van der Waals surface area contributed by atoms with E-state index in [0.29, 0.717) is 0 Å². The first-order valence-corrected chi connectivity index (χ1v) is 9.35. The van der Waals surface area contributed by atoms with Crippen molar-refractivity contribution in [3.8, 4) is 5.69 Å². The van der Waals surface area contributed by atoms with Gasteiger partial charge in [0.05, 0.1) is 11.4 Å². The molecule has 0 aliphatic carbocycles. The van der Waals surface area contributed by atoms with E-state index in [0.717, 1.165) is 24.5 Å². The molecule has 3 rings (SSSR count). The number of para-hydroxylation sites is 1. The number of rotatable bonds is 6. The Labute approximate surface area is 148 Å². The summed E-state index contributed by atoms with van der Waals surface area (Å²) in [4.78, 5) is 1.30. The quantitative estimate of drug-likeness (QED) is 0.672. The molecule has 24 heavy (non-hydrogen) atoms. The molecule has 3 nitrogen and oxygen atoms in total. The second-order valence-corrected chi connectivity index (χ2v) is 6.73. The van der Waals surface area contributed by atoms with Crippen molar-refractivity contribution in [3.63, 3.8) is 0 Å². The van der Waals surface area contributed by atoms with Gasteiger partial charge < -0.3 is 5.32 Å². The van der Waals surface area contributed by atoms with Crippen LogP contribution < -0.4 is 5.32 Å². The molecule has 0 spiro atoms. The summed E-state index contributed by atoms with van der Waals surface area (Å²) in [5.41, 5.74) is 5.97. The number of hydrogen-bond donors (Lipinski definition) is 1. The summed E-state index contributed by atoms with van der Waals surface area (Å²) >= 11 is 1.77. The summed E-state index contributed by atoms with van der Waals surface area (Å²) < 4.78 is 2.03. The summed E-state index contributed by atoms with van der Waals surface area (Å²) in [5.74, 6) is 0. The van der Waals surface area contributed by atoms with E-state index in [1.54, 1.807) is 11.8 Å². The molecule has 0 aliphatic heterocycles. The third-order valence-corrected chi connectivity index (χ3v) is 4.98. The summed E-state index contributed by atoms with van der Waals surface area (Å²) in [7, 11) is 0. The molecule has 0 unspecified atom stereocenters. The Morgan fingerprint density at radius 3 is 2.33 bits per heavy atom. The number of hydrogen-bond acceptors (Lipinski definition) is 3. The zero-order valence-electron chi connectivity index (χ0n) is 14.4. The van der Waals surface area contributed by atoms with Crippen molar-refractivity contribution in [3.05, 3.63) is 77.1 Å². The minimum absolute atomic E-state index is 0.828. The second-order valence-electron chi connectivity index (χ2n) is 5.85. The van der Waals surface area contributed by atoms with Gasteiger partial charge in [-0.1, -0.05) is 30.3 Å². The molecule has 0 aliphatic rings. The van der Waals surface area contributed by atoms with E-state index in [1.165, 1.54) is 21.7 Å². The molecule has 0 atom stereocenters. The fraction of sp³-hybridized carbons (Fsp3) is 0.250. The van der Waals surface area contributed by atoms with Crippen molar-refractivity contribution < 1.29 is 0 Å². The van der Waals surface area contributed by atoms with Crippen molar-refractivity contribution in [2.75, 3.05) is 6.26 Å². The average Bonchev–Trinajstić information content (AvgIpc) is 2.91. The summed E-state index contributed by atoms with van der Waals surface area (Å²) in [6, 6.07) is 19.0. The van der Waals surface area contributed by atoms with Gasteiger partial charge in [0.15, 0.2) is 0 Å². The Morgan fingerprint density at radius 1 is 0.958 bits per heavy atom. The lowest BCUT2D eigenvalue weighted by Gasteiger charge is -2.07. The van der Waals surface area contributed by atoms with E-state index >= 15 is 0 Å². The van der Waals surface area contributed by atoms with Gasteiger partial charge in [-0.15, -0.1) is 11.8 Å². The minimum Gasteiger partial charge on any atom is -0.308 e. The zero-order chi connectivity index (χ0) is 16.9. The molecule has 0 bridgehead atoms. The average molecular weight is 337 g/mol. The standard InChI is InChI=1S/C20H23N3S/c1-15-20(14-21-13-17-9-11-19(24-3)12-10-17)16(2)23(22-15)18-7-5-4-6-8-18/h4-12,21H,13-14H2,1-3H3. The molecule has 3 aromatic rings. The van der Waals surface area contributed by atoms with Crippen molar-refractivity contribution in [2.24, 2.45) is 0 Å². The third kappa shape index (κ3) is 3.71. The fourth-order valence-corrected chi connectivity index (χ4v) is 3.23. The molecule has 1 aromatic heterocycles. The van der Waals surface area contributed by atoms with Crippen LogP contribution in [-0.4, -0.2) is 16.0 Å². The molecule has 0 saturated carbocycles. The number of benzene rings is 2. The minimum atomic E-state index is 0.828. The van der Waals surface area contributed by atoms with Gasteiger partial charge in [0.2, 0.25) is 0 Å². The molecule has 0 saturated heterocycles. The Kier molecular flexibility index (Phi) is 5.38. The van der Waals surface area contributed by atoms with E-state index < -0.39 is 0 Å². The highest BCUT2D eigenvalue weighted by atomic mass is 32.2. The zero-order valence-corrected chi connectivity index (χ0v) is 15.2. The van der Waals surface area contributed by atoms with Crippen LogP contribution in [0.25, 0.3) is 5.69 Å². The van der Waals surface area contributed by atoms with Gasteiger partial charge in [0.25, 0.3) is 0 Å². The summed E-state index contributed by atoms with van der Waals surface area (Å²) in [5, 5.41) is 8.24. The van der Waals surface area contributed by atoms with Gasteiger partial charge in [0.1, 0.15) is 0 Å². The summed E-state index contributed by atoms with van der Waals surface area (Å²) in [6.45, 7) is 5.91. The van der Waals surface area contributed by atoms with Gasteiger partial charge in [0, 0.05) is 29.2 Å². The van der Waals surface area contributed by atoms with Crippen LogP contribution in [0.5, 0.6) is 0 Å². The lowest BCUT2D eigenvalue weighted by Crippen LogP contribution is -2.14.